The predicted octanol–water partition coefficient (Wildman–Crippen LogP) is 1.13. The first kappa shape index (κ1) is 12.8. The molecule has 0 spiro atoms. The van der Waals surface area contributed by atoms with Crippen LogP contribution in [0.3, 0.4) is 0 Å². The molecule has 1 N–H and O–H groups in total. The summed E-state index contributed by atoms with van der Waals surface area (Å²) < 4.78 is 5.10. The van der Waals surface area contributed by atoms with E-state index < -0.39 is 17.7 Å². The van der Waals surface area contributed by atoms with Crippen molar-refractivity contribution in [3.05, 3.63) is 0 Å². The molecule has 0 radical (unpaired) electrons. The van der Waals surface area contributed by atoms with Crippen molar-refractivity contribution < 1.29 is 14.3 Å². The maximum Gasteiger partial charge on any atom is 0.408 e. The molecular formula is C11H20N2O3. The van der Waals surface area contributed by atoms with E-state index in [1.54, 1.807) is 32.7 Å². The van der Waals surface area contributed by atoms with E-state index in [-0.39, 0.29) is 5.91 Å². The molecule has 1 aliphatic rings. The first-order valence-electron chi connectivity index (χ1n) is 5.54. The minimum Gasteiger partial charge on any atom is -0.444 e. The minimum atomic E-state index is -0.534. The molecule has 0 aromatic carbocycles. The van der Waals surface area contributed by atoms with Crippen molar-refractivity contribution in [3.63, 3.8) is 0 Å². The van der Waals surface area contributed by atoms with Gasteiger partial charge in [0.25, 0.3) is 0 Å². The first-order chi connectivity index (χ1) is 7.29. The topological polar surface area (TPSA) is 58.6 Å². The van der Waals surface area contributed by atoms with Gasteiger partial charge in [-0.2, -0.15) is 0 Å². The number of hydrogen-bond acceptors (Lipinski definition) is 3. The molecule has 0 saturated carbocycles. The second-order valence-corrected chi connectivity index (χ2v) is 5.10. The Morgan fingerprint density at radius 2 is 2.12 bits per heavy atom. The molecule has 5 heteroatoms. The minimum absolute atomic E-state index is 0.0443. The number of carbonyl (C=O) groups excluding carboxylic acids is 2. The predicted molar refractivity (Wildman–Crippen MR) is 60.0 cm³/mol. The third kappa shape index (κ3) is 3.72. The van der Waals surface area contributed by atoms with Crippen molar-refractivity contribution in [3.8, 4) is 0 Å². The Morgan fingerprint density at radius 1 is 1.50 bits per heavy atom. The summed E-state index contributed by atoms with van der Waals surface area (Å²) in [5.41, 5.74) is -0.534. The molecule has 5 nitrogen and oxygen atoms in total. The third-order valence-electron chi connectivity index (χ3n) is 2.35. The van der Waals surface area contributed by atoms with E-state index >= 15 is 0 Å². The summed E-state index contributed by atoms with van der Waals surface area (Å²) >= 11 is 0. The average Bonchev–Trinajstić information content (AvgIpc) is 2.09. The van der Waals surface area contributed by atoms with Gasteiger partial charge < -0.3 is 15.0 Å². The van der Waals surface area contributed by atoms with Crippen LogP contribution in [0, 0.1) is 0 Å². The third-order valence-corrected chi connectivity index (χ3v) is 2.35. The number of carbonyl (C=O) groups is 2. The lowest BCUT2D eigenvalue weighted by Crippen LogP contribution is -2.51. The van der Waals surface area contributed by atoms with Crippen LogP contribution in [0.15, 0.2) is 0 Å². The maximum absolute atomic E-state index is 11.7. The summed E-state index contributed by atoms with van der Waals surface area (Å²) in [6.07, 6.45) is 1.06. The Labute approximate surface area is 96.1 Å². The molecule has 2 amide bonds. The summed E-state index contributed by atoms with van der Waals surface area (Å²) in [6, 6.07) is -0.436. The zero-order valence-corrected chi connectivity index (χ0v) is 10.4. The monoisotopic (exact) mass is 228 g/mol. The van der Waals surface area contributed by atoms with Gasteiger partial charge in [-0.05, 0) is 33.6 Å². The number of likely N-dealkylation sites (N-methyl/N-ethyl adjacent to an activating group) is 1. The molecule has 1 atom stereocenters. The number of nitrogens with zero attached hydrogens (tertiary/aromatic N) is 1. The van der Waals surface area contributed by atoms with E-state index in [1.165, 1.54) is 0 Å². The Hall–Kier alpha value is -1.26. The van der Waals surface area contributed by atoms with Crippen LogP contribution in [0.2, 0.25) is 0 Å². The van der Waals surface area contributed by atoms with Gasteiger partial charge in [-0.25, -0.2) is 4.79 Å². The van der Waals surface area contributed by atoms with Gasteiger partial charge in [-0.1, -0.05) is 0 Å². The lowest BCUT2D eigenvalue weighted by molar-refractivity contribution is -0.134. The van der Waals surface area contributed by atoms with Crippen LogP contribution >= 0.6 is 0 Å². The van der Waals surface area contributed by atoms with Gasteiger partial charge in [0.1, 0.15) is 11.6 Å². The first-order valence-corrected chi connectivity index (χ1v) is 5.54. The van der Waals surface area contributed by atoms with Crippen molar-refractivity contribution in [2.45, 2.75) is 45.3 Å². The molecule has 0 unspecified atom stereocenters. The number of ether oxygens (including phenoxy) is 1. The molecule has 1 rings (SSSR count). The fourth-order valence-electron chi connectivity index (χ4n) is 1.62. The summed E-state index contributed by atoms with van der Waals surface area (Å²) in [4.78, 5) is 24.8. The van der Waals surface area contributed by atoms with Crippen LogP contribution in [0.1, 0.15) is 33.6 Å². The van der Waals surface area contributed by atoms with Gasteiger partial charge in [-0.15, -0.1) is 0 Å². The highest BCUT2D eigenvalue weighted by Gasteiger charge is 2.29. The van der Waals surface area contributed by atoms with E-state index in [4.69, 9.17) is 4.74 Å². The molecule has 1 fully saturated rings. The highest BCUT2D eigenvalue weighted by Crippen LogP contribution is 2.11. The van der Waals surface area contributed by atoms with E-state index in [0.717, 1.165) is 13.0 Å². The summed E-state index contributed by atoms with van der Waals surface area (Å²) in [5, 5.41) is 2.60. The summed E-state index contributed by atoms with van der Waals surface area (Å²) in [5.74, 6) is -0.0443. The summed E-state index contributed by atoms with van der Waals surface area (Å²) in [7, 11) is 1.74. The Kier molecular flexibility index (Phi) is 3.78. The van der Waals surface area contributed by atoms with Gasteiger partial charge in [0.2, 0.25) is 5.91 Å². The Balaban J connectivity index is 2.47. The number of nitrogens with one attached hydrogen (secondary N) is 1. The fourth-order valence-corrected chi connectivity index (χ4v) is 1.62. The highest BCUT2D eigenvalue weighted by atomic mass is 16.6. The number of amides is 2. The van der Waals surface area contributed by atoms with E-state index in [9.17, 15) is 9.59 Å². The van der Waals surface area contributed by atoms with E-state index in [0.29, 0.717) is 6.42 Å². The fraction of sp³-hybridized carbons (Fsp3) is 0.818. The van der Waals surface area contributed by atoms with E-state index in [2.05, 4.69) is 5.32 Å². The maximum atomic E-state index is 11.7. The molecule has 1 saturated heterocycles. The van der Waals surface area contributed by atoms with Crippen LogP contribution < -0.4 is 5.32 Å². The molecule has 92 valence electrons. The molecule has 16 heavy (non-hydrogen) atoms. The van der Waals surface area contributed by atoms with Crippen molar-refractivity contribution in [1.82, 2.24) is 10.2 Å². The highest BCUT2D eigenvalue weighted by molar-refractivity contribution is 5.86. The molecule has 0 bridgehead atoms. The second-order valence-electron chi connectivity index (χ2n) is 5.10. The Morgan fingerprint density at radius 3 is 2.69 bits per heavy atom. The molecule has 0 aliphatic carbocycles. The van der Waals surface area contributed by atoms with Crippen LogP contribution in [-0.2, 0) is 9.53 Å². The van der Waals surface area contributed by atoms with Crippen molar-refractivity contribution in [2.24, 2.45) is 0 Å². The smallest absolute Gasteiger partial charge is 0.408 e. The number of hydrogen-bond donors (Lipinski definition) is 1. The number of likely N-dealkylation sites (tertiary alicyclic amines) is 1. The summed E-state index contributed by atoms with van der Waals surface area (Å²) in [6.45, 7) is 6.13. The number of piperidine rings is 1. The molecule has 1 aliphatic heterocycles. The van der Waals surface area contributed by atoms with Crippen LogP contribution in [0.4, 0.5) is 4.79 Å². The molecule has 0 aromatic heterocycles. The van der Waals surface area contributed by atoms with Crippen molar-refractivity contribution in [2.75, 3.05) is 13.6 Å². The van der Waals surface area contributed by atoms with Gasteiger partial charge in [0.15, 0.2) is 0 Å². The molecule has 0 aromatic rings. The molecule has 1 heterocycles. The molecular weight excluding hydrogens is 208 g/mol. The van der Waals surface area contributed by atoms with Crippen LogP contribution in [0.25, 0.3) is 0 Å². The van der Waals surface area contributed by atoms with Gasteiger partial charge >= 0.3 is 6.09 Å². The van der Waals surface area contributed by atoms with Crippen molar-refractivity contribution >= 4 is 12.0 Å². The van der Waals surface area contributed by atoms with Crippen molar-refractivity contribution in [1.29, 1.82) is 0 Å². The lowest BCUT2D eigenvalue weighted by atomic mass is 10.1. The Bertz CT molecular complexity index is 283. The average molecular weight is 228 g/mol. The quantitative estimate of drug-likeness (QED) is 0.732. The standard InChI is InChI=1S/C11H20N2O3/c1-11(2,3)16-10(15)12-8-6-5-7-13(4)9(8)14/h8H,5-7H2,1-4H3,(H,12,15)/t8-/m1/s1. The number of alkyl carbamates (subject to hydrolysis) is 1. The zero-order valence-electron chi connectivity index (χ0n) is 10.4. The van der Waals surface area contributed by atoms with E-state index in [1.807, 2.05) is 0 Å². The second kappa shape index (κ2) is 4.72. The van der Waals surface area contributed by atoms with Crippen LogP contribution in [-0.4, -0.2) is 42.1 Å². The zero-order chi connectivity index (χ0) is 12.3. The van der Waals surface area contributed by atoms with Gasteiger partial charge in [0.05, 0.1) is 0 Å². The number of rotatable bonds is 1. The lowest BCUT2D eigenvalue weighted by Gasteiger charge is -2.30. The van der Waals surface area contributed by atoms with Gasteiger partial charge in [-0.3, -0.25) is 4.79 Å². The largest absolute Gasteiger partial charge is 0.444 e. The normalized spacial score (nSPS) is 21.9. The van der Waals surface area contributed by atoms with Crippen LogP contribution in [0.5, 0.6) is 0 Å². The van der Waals surface area contributed by atoms with Gasteiger partial charge in [0, 0.05) is 13.6 Å². The SMILES string of the molecule is CN1CCC[C@@H](NC(=O)OC(C)(C)C)C1=O.